The third kappa shape index (κ3) is 2.74. The van der Waals surface area contributed by atoms with Crippen molar-refractivity contribution in [2.75, 3.05) is 5.33 Å². The summed E-state index contributed by atoms with van der Waals surface area (Å²) in [5, 5.41) is 0.748. The average molecular weight is 267 g/mol. The van der Waals surface area contributed by atoms with E-state index in [0.29, 0.717) is 0 Å². The van der Waals surface area contributed by atoms with E-state index in [1.165, 1.54) is 12.1 Å². The van der Waals surface area contributed by atoms with Gasteiger partial charge in [-0.25, -0.2) is 0 Å². The van der Waals surface area contributed by atoms with E-state index in [1.54, 1.807) is 0 Å². The van der Waals surface area contributed by atoms with Gasteiger partial charge in [0.2, 0.25) is 0 Å². The van der Waals surface area contributed by atoms with Crippen molar-refractivity contribution >= 4 is 15.9 Å². The van der Waals surface area contributed by atoms with E-state index >= 15 is 0 Å². The molecule has 4 heteroatoms. The van der Waals surface area contributed by atoms with Crippen LogP contribution < -0.4 is 0 Å². The molecule has 0 unspecified atom stereocenters. The summed E-state index contributed by atoms with van der Waals surface area (Å²) in [6.45, 7) is 1.96. The highest BCUT2D eigenvalue weighted by Gasteiger charge is 2.29. The van der Waals surface area contributed by atoms with Gasteiger partial charge < -0.3 is 0 Å². The van der Waals surface area contributed by atoms with Gasteiger partial charge in [-0.2, -0.15) is 13.2 Å². The van der Waals surface area contributed by atoms with Gasteiger partial charge in [0, 0.05) is 5.33 Å². The maximum absolute atomic E-state index is 12.2. The molecule has 0 fully saturated rings. The number of hydrogen-bond donors (Lipinski definition) is 0. The maximum atomic E-state index is 12.2. The zero-order valence-electron chi connectivity index (χ0n) is 7.61. The molecule has 0 aliphatic heterocycles. The summed E-state index contributed by atoms with van der Waals surface area (Å²) in [6.07, 6.45) is -4.24. The molecular formula is C10H10BrF3. The first kappa shape index (κ1) is 11.6. The molecule has 0 aromatic heterocycles. The lowest BCUT2D eigenvalue weighted by Gasteiger charge is -2.10. The van der Waals surface area contributed by atoms with Crippen LogP contribution >= 0.6 is 15.9 Å². The summed E-state index contributed by atoms with van der Waals surface area (Å²) in [5.41, 5.74) is 0.317. The minimum Gasteiger partial charge on any atom is -0.166 e. The van der Waals surface area contributed by atoms with Gasteiger partial charge >= 0.3 is 6.18 Å². The molecule has 0 spiro atoms. The molecule has 0 saturated carbocycles. The Morgan fingerprint density at radius 3 is 2.07 bits per heavy atom. The molecule has 1 aromatic rings. The number of alkyl halides is 4. The normalized spacial score (nSPS) is 14.1. The fourth-order valence-corrected chi connectivity index (χ4v) is 1.46. The Hall–Kier alpha value is -0.510. The zero-order valence-corrected chi connectivity index (χ0v) is 9.19. The highest BCUT2D eigenvalue weighted by molar-refractivity contribution is 9.09. The molecule has 1 atom stereocenters. The van der Waals surface area contributed by atoms with Crippen molar-refractivity contribution in [3.05, 3.63) is 35.4 Å². The molecule has 78 valence electrons. The van der Waals surface area contributed by atoms with Gasteiger partial charge in [-0.15, -0.1) is 0 Å². The van der Waals surface area contributed by atoms with Crippen molar-refractivity contribution in [1.82, 2.24) is 0 Å². The summed E-state index contributed by atoms with van der Waals surface area (Å²) in [6, 6.07) is 5.28. The smallest absolute Gasteiger partial charge is 0.166 e. The van der Waals surface area contributed by atoms with Crippen LogP contribution in [0.4, 0.5) is 13.2 Å². The number of rotatable bonds is 2. The second kappa shape index (κ2) is 4.34. The van der Waals surface area contributed by atoms with Crippen molar-refractivity contribution < 1.29 is 13.2 Å². The van der Waals surface area contributed by atoms with Crippen LogP contribution in [0.1, 0.15) is 24.0 Å². The molecule has 0 bridgehead atoms. The summed E-state index contributed by atoms with van der Waals surface area (Å²) in [5.74, 6) is 0.234. The Labute approximate surface area is 89.3 Å². The topological polar surface area (TPSA) is 0 Å². The Morgan fingerprint density at radius 1 is 1.21 bits per heavy atom. The van der Waals surface area contributed by atoms with Crippen molar-refractivity contribution in [2.24, 2.45) is 0 Å². The van der Waals surface area contributed by atoms with Crippen LogP contribution in [0.3, 0.4) is 0 Å². The second-order valence-corrected chi connectivity index (χ2v) is 3.82. The molecule has 1 rings (SSSR count). The van der Waals surface area contributed by atoms with Gasteiger partial charge in [-0.05, 0) is 23.6 Å². The lowest BCUT2D eigenvalue weighted by molar-refractivity contribution is -0.137. The fourth-order valence-electron chi connectivity index (χ4n) is 1.09. The first-order valence-corrected chi connectivity index (χ1v) is 5.30. The van der Waals surface area contributed by atoms with Crippen molar-refractivity contribution in [1.29, 1.82) is 0 Å². The molecule has 0 amide bonds. The second-order valence-electron chi connectivity index (χ2n) is 3.18. The van der Waals surface area contributed by atoms with Crippen molar-refractivity contribution in [2.45, 2.75) is 19.0 Å². The van der Waals surface area contributed by atoms with Crippen molar-refractivity contribution in [3.8, 4) is 0 Å². The lowest BCUT2D eigenvalue weighted by Crippen LogP contribution is -2.05. The molecule has 0 radical (unpaired) electrons. The van der Waals surface area contributed by atoms with E-state index in [4.69, 9.17) is 0 Å². The summed E-state index contributed by atoms with van der Waals surface area (Å²) in [7, 11) is 0. The molecular weight excluding hydrogens is 257 g/mol. The summed E-state index contributed by atoms with van der Waals surface area (Å²) >= 11 is 3.29. The quantitative estimate of drug-likeness (QED) is 0.704. The first-order valence-electron chi connectivity index (χ1n) is 4.18. The predicted octanol–water partition coefficient (Wildman–Crippen LogP) is 4.20. The zero-order chi connectivity index (χ0) is 10.8. The molecule has 0 aliphatic rings. The Kier molecular flexibility index (Phi) is 3.59. The number of benzene rings is 1. The molecule has 0 aliphatic carbocycles. The van der Waals surface area contributed by atoms with Crippen molar-refractivity contribution in [3.63, 3.8) is 0 Å². The molecule has 0 heterocycles. The van der Waals surface area contributed by atoms with Crippen LogP contribution in [-0.2, 0) is 6.18 Å². The molecule has 0 N–H and O–H groups in total. The standard InChI is InChI=1S/C10H10BrF3/c1-7(6-11)8-2-4-9(5-3-8)10(12,13)14/h2-5,7H,6H2,1H3/t7-/m0/s1. The number of halogens is 4. The van der Waals surface area contributed by atoms with Crippen LogP contribution in [-0.4, -0.2) is 5.33 Å². The van der Waals surface area contributed by atoms with Crippen LogP contribution in [0.2, 0.25) is 0 Å². The van der Waals surface area contributed by atoms with Gasteiger partial charge in [0.15, 0.2) is 0 Å². The van der Waals surface area contributed by atoms with E-state index < -0.39 is 11.7 Å². The van der Waals surface area contributed by atoms with Gasteiger partial charge in [-0.3, -0.25) is 0 Å². The van der Waals surface area contributed by atoms with E-state index in [1.807, 2.05) is 6.92 Å². The summed E-state index contributed by atoms with van der Waals surface area (Å²) in [4.78, 5) is 0. The van der Waals surface area contributed by atoms with E-state index in [9.17, 15) is 13.2 Å². The van der Waals surface area contributed by atoms with Crippen LogP contribution in [0.15, 0.2) is 24.3 Å². The lowest BCUT2D eigenvalue weighted by atomic mass is 10.0. The first-order chi connectivity index (χ1) is 6.45. The molecule has 0 saturated heterocycles. The minimum atomic E-state index is -4.24. The van der Waals surface area contributed by atoms with Crippen LogP contribution in [0, 0.1) is 0 Å². The van der Waals surface area contributed by atoms with Gasteiger partial charge in [0.25, 0.3) is 0 Å². The average Bonchev–Trinajstić information content (AvgIpc) is 2.15. The maximum Gasteiger partial charge on any atom is 0.416 e. The third-order valence-corrected chi connectivity index (χ3v) is 3.01. The van der Waals surface area contributed by atoms with Gasteiger partial charge in [0.05, 0.1) is 5.56 Å². The Bertz CT molecular complexity index is 289. The Balaban J connectivity index is 2.89. The SMILES string of the molecule is C[C@@H](CBr)c1ccc(C(F)(F)F)cc1. The number of hydrogen-bond acceptors (Lipinski definition) is 0. The highest BCUT2D eigenvalue weighted by atomic mass is 79.9. The minimum absolute atomic E-state index is 0.234. The molecule has 0 nitrogen and oxygen atoms in total. The third-order valence-electron chi connectivity index (χ3n) is 2.04. The highest BCUT2D eigenvalue weighted by Crippen LogP contribution is 2.30. The van der Waals surface area contributed by atoms with Gasteiger partial charge in [0.1, 0.15) is 0 Å². The van der Waals surface area contributed by atoms with E-state index in [0.717, 1.165) is 23.0 Å². The monoisotopic (exact) mass is 266 g/mol. The fraction of sp³-hybridized carbons (Fsp3) is 0.400. The Morgan fingerprint density at radius 2 is 1.71 bits per heavy atom. The van der Waals surface area contributed by atoms with Crippen LogP contribution in [0.25, 0.3) is 0 Å². The largest absolute Gasteiger partial charge is 0.416 e. The van der Waals surface area contributed by atoms with Crippen LogP contribution in [0.5, 0.6) is 0 Å². The molecule has 1 aromatic carbocycles. The summed E-state index contributed by atoms with van der Waals surface area (Å²) < 4.78 is 36.6. The van der Waals surface area contributed by atoms with E-state index in [2.05, 4.69) is 15.9 Å². The van der Waals surface area contributed by atoms with Gasteiger partial charge in [-0.1, -0.05) is 35.0 Å². The van der Waals surface area contributed by atoms with E-state index in [-0.39, 0.29) is 5.92 Å². The predicted molar refractivity (Wildman–Crippen MR) is 53.7 cm³/mol. The molecule has 14 heavy (non-hydrogen) atoms.